The topological polar surface area (TPSA) is 44.5 Å². The van der Waals surface area contributed by atoms with Crippen LogP contribution in [0.25, 0.3) is 0 Å². The Morgan fingerprint density at radius 2 is 2.05 bits per heavy atom. The summed E-state index contributed by atoms with van der Waals surface area (Å²) in [6, 6.07) is 10.1. The van der Waals surface area contributed by atoms with E-state index in [-0.39, 0.29) is 12.4 Å². The van der Waals surface area contributed by atoms with E-state index in [0.29, 0.717) is 17.0 Å². The van der Waals surface area contributed by atoms with Crippen molar-refractivity contribution in [3.63, 3.8) is 0 Å². The molecule has 5 heteroatoms. The van der Waals surface area contributed by atoms with Gasteiger partial charge in [-0.2, -0.15) is 0 Å². The molecule has 0 saturated carbocycles. The lowest BCUT2D eigenvalue weighted by Gasteiger charge is -2.11. The Hall–Kier alpha value is -1.75. The van der Waals surface area contributed by atoms with Crippen molar-refractivity contribution >= 4 is 21.6 Å². The van der Waals surface area contributed by atoms with Gasteiger partial charge < -0.3 is 15.2 Å². The Morgan fingerprint density at radius 3 is 2.68 bits per heavy atom. The molecule has 0 aromatic heterocycles. The zero-order chi connectivity index (χ0) is 13.8. The van der Waals surface area contributed by atoms with Crippen LogP contribution in [0.5, 0.6) is 11.5 Å². The lowest BCUT2D eigenvalue weighted by atomic mass is 10.2. The number of hydrogen-bond acceptors (Lipinski definition) is 3. The van der Waals surface area contributed by atoms with E-state index in [2.05, 4.69) is 15.9 Å². The smallest absolute Gasteiger partial charge is 0.165 e. The molecule has 0 heterocycles. The first kappa shape index (κ1) is 13.7. The van der Waals surface area contributed by atoms with Crippen molar-refractivity contribution in [1.82, 2.24) is 0 Å². The summed E-state index contributed by atoms with van der Waals surface area (Å²) in [6.07, 6.45) is 0. The van der Waals surface area contributed by atoms with Crippen molar-refractivity contribution in [2.45, 2.75) is 6.61 Å². The zero-order valence-electron chi connectivity index (χ0n) is 10.3. The minimum atomic E-state index is -0.413. The monoisotopic (exact) mass is 325 g/mol. The third-order valence-corrected chi connectivity index (χ3v) is 3.22. The highest BCUT2D eigenvalue weighted by Gasteiger charge is 2.07. The number of nitrogens with two attached hydrogens (primary N) is 1. The molecule has 0 bridgehead atoms. The van der Waals surface area contributed by atoms with E-state index < -0.39 is 5.82 Å². The summed E-state index contributed by atoms with van der Waals surface area (Å²) >= 11 is 3.36. The van der Waals surface area contributed by atoms with Gasteiger partial charge in [0.1, 0.15) is 6.61 Å². The maximum atomic E-state index is 13.5. The van der Waals surface area contributed by atoms with Crippen molar-refractivity contribution in [1.29, 1.82) is 0 Å². The van der Waals surface area contributed by atoms with Gasteiger partial charge in [0.2, 0.25) is 0 Å². The highest BCUT2D eigenvalue weighted by Crippen LogP contribution is 2.31. The summed E-state index contributed by atoms with van der Waals surface area (Å²) in [5.74, 6) is 0.353. The Bertz CT molecular complexity index is 569. The molecule has 2 aromatic carbocycles. The van der Waals surface area contributed by atoms with Crippen LogP contribution in [-0.4, -0.2) is 7.11 Å². The number of benzene rings is 2. The van der Waals surface area contributed by atoms with E-state index in [1.165, 1.54) is 13.2 Å². The van der Waals surface area contributed by atoms with Crippen LogP contribution in [0.3, 0.4) is 0 Å². The fourth-order valence-electron chi connectivity index (χ4n) is 1.63. The molecule has 2 aromatic rings. The summed E-state index contributed by atoms with van der Waals surface area (Å²) in [7, 11) is 1.43. The molecular formula is C14H13BrFNO2. The summed E-state index contributed by atoms with van der Waals surface area (Å²) in [5.41, 5.74) is 7.05. The van der Waals surface area contributed by atoms with Gasteiger partial charge in [0.05, 0.1) is 17.3 Å². The van der Waals surface area contributed by atoms with Gasteiger partial charge in [0.25, 0.3) is 0 Å². The van der Waals surface area contributed by atoms with Gasteiger partial charge in [-0.05, 0) is 45.8 Å². The summed E-state index contributed by atoms with van der Waals surface area (Å²) < 4.78 is 24.7. The molecular weight excluding hydrogens is 313 g/mol. The van der Waals surface area contributed by atoms with E-state index in [9.17, 15) is 4.39 Å². The lowest BCUT2D eigenvalue weighted by molar-refractivity contribution is 0.304. The van der Waals surface area contributed by atoms with Crippen LogP contribution in [0.15, 0.2) is 40.9 Å². The number of methoxy groups -OCH3 is 1. The number of nitrogen functional groups attached to an aromatic ring is 1. The van der Waals surface area contributed by atoms with Gasteiger partial charge >= 0.3 is 0 Å². The third-order valence-electron chi connectivity index (χ3n) is 2.60. The molecule has 3 nitrogen and oxygen atoms in total. The Balaban J connectivity index is 2.13. The van der Waals surface area contributed by atoms with Crippen LogP contribution in [0.2, 0.25) is 0 Å². The van der Waals surface area contributed by atoms with Crippen molar-refractivity contribution in [2.75, 3.05) is 12.8 Å². The van der Waals surface area contributed by atoms with Crippen molar-refractivity contribution in [2.24, 2.45) is 0 Å². The van der Waals surface area contributed by atoms with Crippen molar-refractivity contribution in [3.8, 4) is 11.5 Å². The van der Waals surface area contributed by atoms with Crippen molar-refractivity contribution < 1.29 is 13.9 Å². The largest absolute Gasteiger partial charge is 0.494 e. The second-order valence-electron chi connectivity index (χ2n) is 3.92. The molecule has 0 atom stereocenters. The predicted octanol–water partition coefficient (Wildman–Crippen LogP) is 3.76. The molecule has 0 radical (unpaired) electrons. The SMILES string of the molecule is COc1ccc(COc2c(N)cccc2Br)cc1F. The first-order valence-electron chi connectivity index (χ1n) is 5.61. The summed E-state index contributed by atoms with van der Waals surface area (Å²) in [6.45, 7) is 0.230. The van der Waals surface area contributed by atoms with Gasteiger partial charge in [0, 0.05) is 0 Å². The molecule has 2 rings (SSSR count). The highest BCUT2D eigenvalue weighted by atomic mass is 79.9. The van der Waals surface area contributed by atoms with E-state index in [4.69, 9.17) is 15.2 Å². The van der Waals surface area contributed by atoms with Crippen molar-refractivity contribution in [3.05, 3.63) is 52.3 Å². The van der Waals surface area contributed by atoms with Gasteiger partial charge in [-0.3, -0.25) is 0 Å². The van der Waals surface area contributed by atoms with Crippen LogP contribution in [0.1, 0.15) is 5.56 Å². The molecule has 0 aliphatic carbocycles. The standard InChI is InChI=1S/C14H13BrFNO2/c1-18-13-6-5-9(7-11(13)16)8-19-14-10(15)3-2-4-12(14)17/h2-7H,8,17H2,1H3. The van der Waals surface area contributed by atoms with Crippen LogP contribution in [0.4, 0.5) is 10.1 Å². The molecule has 0 aliphatic rings. The number of ether oxygens (including phenoxy) is 2. The normalized spacial score (nSPS) is 10.3. The quantitative estimate of drug-likeness (QED) is 0.870. The minimum Gasteiger partial charge on any atom is -0.494 e. The molecule has 0 spiro atoms. The van der Waals surface area contributed by atoms with E-state index in [0.717, 1.165) is 4.47 Å². The second kappa shape index (κ2) is 5.93. The lowest BCUT2D eigenvalue weighted by Crippen LogP contribution is -2.00. The molecule has 100 valence electrons. The number of rotatable bonds is 4. The molecule has 2 N–H and O–H groups in total. The average Bonchev–Trinajstić information content (AvgIpc) is 2.38. The Kier molecular flexibility index (Phi) is 4.27. The third kappa shape index (κ3) is 3.17. The number of anilines is 1. The van der Waals surface area contributed by atoms with Gasteiger partial charge in [-0.15, -0.1) is 0 Å². The first-order chi connectivity index (χ1) is 9.11. The maximum absolute atomic E-state index is 13.5. The fraction of sp³-hybridized carbons (Fsp3) is 0.143. The predicted molar refractivity (Wildman–Crippen MR) is 75.8 cm³/mol. The molecule has 0 saturated heterocycles. The van der Waals surface area contributed by atoms with Crippen LogP contribution in [-0.2, 0) is 6.61 Å². The Morgan fingerprint density at radius 1 is 1.26 bits per heavy atom. The average molecular weight is 326 g/mol. The molecule has 0 amide bonds. The van der Waals surface area contributed by atoms with E-state index in [1.807, 2.05) is 12.1 Å². The second-order valence-corrected chi connectivity index (χ2v) is 4.77. The maximum Gasteiger partial charge on any atom is 0.165 e. The van der Waals surface area contributed by atoms with Gasteiger partial charge in [-0.1, -0.05) is 12.1 Å². The van der Waals surface area contributed by atoms with E-state index >= 15 is 0 Å². The molecule has 0 fully saturated rings. The highest BCUT2D eigenvalue weighted by molar-refractivity contribution is 9.10. The molecule has 0 unspecified atom stereocenters. The molecule has 19 heavy (non-hydrogen) atoms. The number of hydrogen-bond donors (Lipinski definition) is 1. The van der Waals surface area contributed by atoms with Crippen LogP contribution >= 0.6 is 15.9 Å². The minimum absolute atomic E-state index is 0.212. The van der Waals surface area contributed by atoms with Crippen LogP contribution < -0.4 is 15.2 Å². The Labute approximate surface area is 119 Å². The van der Waals surface area contributed by atoms with E-state index in [1.54, 1.807) is 18.2 Å². The zero-order valence-corrected chi connectivity index (χ0v) is 11.9. The number of halogens is 2. The summed E-state index contributed by atoms with van der Waals surface area (Å²) in [5, 5.41) is 0. The fourth-order valence-corrected chi connectivity index (χ4v) is 2.13. The first-order valence-corrected chi connectivity index (χ1v) is 6.40. The number of para-hydroxylation sites is 1. The molecule has 0 aliphatic heterocycles. The van der Waals surface area contributed by atoms with Gasteiger partial charge in [-0.25, -0.2) is 4.39 Å². The van der Waals surface area contributed by atoms with Gasteiger partial charge in [0.15, 0.2) is 17.3 Å². The summed E-state index contributed by atoms with van der Waals surface area (Å²) in [4.78, 5) is 0. The van der Waals surface area contributed by atoms with Crippen LogP contribution in [0, 0.1) is 5.82 Å².